The number of hydrogen-bond acceptors (Lipinski definition) is 1. The van der Waals surface area contributed by atoms with Gasteiger partial charge in [-0.1, -0.05) is 17.7 Å². The van der Waals surface area contributed by atoms with Crippen LogP contribution >= 0.6 is 11.6 Å². The number of carbonyl (C=O) groups excluding carboxylic acids is 1. The zero-order valence-corrected chi connectivity index (χ0v) is 15.3. The lowest BCUT2D eigenvalue weighted by Crippen LogP contribution is -3.00. The van der Waals surface area contributed by atoms with Gasteiger partial charge in [0.15, 0.2) is 5.78 Å². The van der Waals surface area contributed by atoms with Crippen LogP contribution in [0.2, 0.25) is 5.02 Å². The van der Waals surface area contributed by atoms with Crippen molar-refractivity contribution in [2.75, 3.05) is 0 Å². The van der Waals surface area contributed by atoms with Gasteiger partial charge in [0.05, 0.1) is 5.02 Å². The van der Waals surface area contributed by atoms with Gasteiger partial charge in [-0.25, -0.2) is 13.5 Å². The zero-order valence-electron chi connectivity index (χ0n) is 12.9. The molecule has 0 atom stereocenters. The van der Waals surface area contributed by atoms with Crippen molar-refractivity contribution < 1.29 is 30.7 Å². The number of carbonyl (C=O) groups is 1. The predicted octanol–water partition coefficient (Wildman–Crippen LogP) is 0.812. The fourth-order valence-corrected chi connectivity index (χ4v) is 2.58. The number of benzene rings is 2. The quantitative estimate of drug-likeness (QED) is 0.463. The molecule has 24 heavy (non-hydrogen) atoms. The Balaban J connectivity index is 0.00000208. The molecule has 0 spiro atoms. The zero-order chi connectivity index (χ0) is 16.4. The molecule has 1 aromatic heterocycles. The van der Waals surface area contributed by atoms with Crippen molar-refractivity contribution in [3.63, 3.8) is 0 Å². The summed E-state index contributed by atoms with van der Waals surface area (Å²) in [5, 5.41) is 0.413. The monoisotopic (exact) mass is 408 g/mol. The van der Waals surface area contributed by atoms with E-state index in [9.17, 15) is 9.18 Å². The van der Waals surface area contributed by atoms with Gasteiger partial charge in [0.2, 0.25) is 6.33 Å². The van der Waals surface area contributed by atoms with Crippen molar-refractivity contribution >= 4 is 17.4 Å². The van der Waals surface area contributed by atoms with Crippen LogP contribution in [0.5, 0.6) is 0 Å². The molecule has 0 aliphatic rings. The van der Waals surface area contributed by atoms with Crippen molar-refractivity contribution in [3.8, 4) is 5.69 Å². The van der Waals surface area contributed by atoms with Crippen LogP contribution in [0.15, 0.2) is 61.2 Å². The highest BCUT2D eigenvalue weighted by Gasteiger charge is 2.10. The number of nitrogens with zero attached hydrogens (tertiary/aromatic N) is 2. The van der Waals surface area contributed by atoms with E-state index < -0.39 is 0 Å². The molecule has 0 amide bonds. The molecular formula is C18H15BrClFN2O. The highest BCUT2D eigenvalue weighted by atomic mass is 79.9. The Morgan fingerprint density at radius 3 is 2.54 bits per heavy atom. The fourth-order valence-electron chi connectivity index (χ4n) is 2.36. The van der Waals surface area contributed by atoms with Crippen LogP contribution in [0.25, 0.3) is 5.69 Å². The Morgan fingerprint density at radius 1 is 1.21 bits per heavy atom. The lowest BCUT2D eigenvalue weighted by molar-refractivity contribution is -0.687. The van der Waals surface area contributed by atoms with Gasteiger partial charge < -0.3 is 17.0 Å². The van der Waals surface area contributed by atoms with Crippen molar-refractivity contribution in [2.24, 2.45) is 0 Å². The topological polar surface area (TPSA) is 25.9 Å². The maximum Gasteiger partial charge on any atom is 0.249 e. The minimum Gasteiger partial charge on any atom is -1.00 e. The third kappa shape index (κ3) is 4.10. The van der Waals surface area contributed by atoms with E-state index in [-0.39, 0.29) is 28.6 Å². The Kier molecular flexibility index (Phi) is 5.91. The van der Waals surface area contributed by atoms with Gasteiger partial charge in [-0.15, -0.1) is 0 Å². The van der Waals surface area contributed by atoms with Crippen molar-refractivity contribution in [3.05, 3.63) is 83.2 Å². The van der Waals surface area contributed by atoms with E-state index in [1.165, 1.54) is 12.1 Å². The third-order valence-electron chi connectivity index (χ3n) is 3.63. The summed E-state index contributed by atoms with van der Waals surface area (Å²) < 4.78 is 17.0. The summed E-state index contributed by atoms with van der Waals surface area (Å²) in [5.74, 6) is -0.294. The Labute approximate surface area is 155 Å². The number of hydrogen-bond donors (Lipinski definition) is 0. The summed E-state index contributed by atoms with van der Waals surface area (Å²) in [6.45, 7) is 2.10. The molecule has 0 aliphatic carbocycles. The molecule has 3 nitrogen and oxygen atoms in total. The van der Waals surface area contributed by atoms with Crippen molar-refractivity contribution in [2.45, 2.75) is 13.5 Å². The maximum atomic E-state index is 13.1. The summed E-state index contributed by atoms with van der Waals surface area (Å²) >= 11 is 6.06. The molecular weight excluding hydrogens is 395 g/mol. The van der Waals surface area contributed by atoms with Gasteiger partial charge >= 0.3 is 0 Å². The van der Waals surface area contributed by atoms with Crippen LogP contribution in [0, 0.1) is 5.82 Å². The molecule has 0 unspecified atom stereocenters. The largest absolute Gasteiger partial charge is 1.00 e. The summed E-state index contributed by atoms with van der Waals surface area (Å²) in [7, 11) is 0. The Hall–Kier alpha value is -1.98. The highest BCUT2D eigenvalue weighted by Crippen LogP contribution is 2.17. The fraction of sp³-hybridized carbons (Fsp3) is 0.111. The van der Waals surface area contributed by atoms with E-state index in [4.69, 9.17) is 11.6 Å². The first-order chi connectivity index (χ1) is 11.0. The van der Waals surface area contributed by atoms with Crippen LogP contribution in [-0.2, 0) is 6.54 Å². The van der Waals surface area contributed by atoms with Crippen LogP contribution in [0.3, 0.4) is 0 Å². The molecule has 1 heterocycles. The van der Waals surface area contributed by atoms with Crippen LogP contribution < -0.4 is 21.5 Å². The van der Waals surface area contributed by atoms with Crippen LogP contribution in [0.4, 0.5) is 4.39 Å². The van der Waals surface area contributed by atoms with E-state index >= 15 is 0 Å². The van der Waals surface area contributed by atoms with Crippen molar-refractivity contribution in [1.82, 2.24) is 4.57 Å². The normalized spacial score (nSPS) is 10.3. The van der Waals surface area contributed by atoms with Gasteiger partial charge in [0.1, 0.15) is 30.4 Å². The van der Waals surface area contributed by atoms with Gasteiger partial charge in [0, 0.05) is 11.1 Å². The number of rotatable bonds is 4. The maximum absolute atomic E-state index is 13.1. The van der Waals surface area contributed by atoms with Crippen molar-refractivity contribution in [1.29, 1.82) is 0 Å². The second-order valence-corrected chi connectivity index (χ2v) is 5.74. The number of ketones is 1. The molecule has 0 saturated carbocycles. The number of Topliss-reactive ketones (excluding diaryl/α,β-unsaturated/α-hetero) is 1. The first kappa shape index (κ1) is 18.4. The minimum absolute atomic E-state index is 0. The Morgan fingerprint density at radius 2 is 1.92 bits per heavy atom. The second-order valence-electron chi connectivity index (χ2n) is 5.33. The summed E-state index contributed by atoms with van der Waals surface area (Å²) in [6.07, 6.45) is 5.75. The molecule has 124 valence electrons. The van der Waals surface area contributed by atoms with E-state index in [0.29, 0.717) is 17.1 Å². The molecule has 0 N–H and O–H groups in total. The lowest BCUT2D eigenvalue weighted by Gasteiger charge is -2.01. The first-order valence-corrected chi connectivity index (χ1v) is 7.53. The molecule has 3 aromatic rings. The molecule has 0 bridgehead atoms. The third-order valence-corrected chi connectivity index (χ3v) is 3.98. The van der Waals surface area contributed by atoms with Gasteiger partial charge in [-0.3, -0.25) is 4.79 Å². The number of halogens is 3. The second kappa shape index (κ2) is 7.73. The molecule has 6 heteroatoms. The SMILES string of the molecule is CC(=O)c1ccc(-n2cc[n+](Cc3ccc(F)cc3Cl)c2)cc1.[Br-]. The summed E-state index contributed by atoms with van der Waals surface area (Å²) in [5.41, 5.74) is 2.49. The smallest absolute Gasteiger partial charge is 0.249 e. The molecule has 0 saturated heterocycles. The molecule has 3 rings (SSSR count). The van der Waals surface area contributed by atoms with Crippen LogP contribution in [-0.4, -0.2) is 10.4 Å². The molecule has 0 fully saturated rings. The van der Waals surface area contributed by atoms with E-state index in [2.05, 4.69) is 0 Å². The highest BCUT2D eigenvalue weighted by molar-refractivity contribution is 6.31. The minimum atomic E-state index is -0.341. The number of imidazole rings is 1. The number of aromatic nitrogens is 2. The molecule has 0 radical (unpaired) electrons. The van der Waals surface area contributed by atoms with Gasteiger partial charge in [-0.05, 0) is 43.3 Å². The predicted molar refractivity (Wildman–Crippen MR) is 86.5 cm³/mol. The lowest BCUT2D eigenvalue weighted by atomic mass is 10.1. The van der Waals surface area contributed by atoms with Crippen LogP contribution in [0.1, 0.15) is 22.8 Å². The Bertz CT molecular complexity index is 862. The van der Waals surface area contributed by atoms with E-state index in [1.807, 2.05) is 40.0 Å². The standard InChI is InChI=1S/C18H15ClFN2O.BrH/c1-13(23)14-3-6-17(7-4-14)22-9-8-21(12-22)11-15-2-5-16(20)10-18(15)19;/h2-10,12H,11H2,1H3;1H/q+1;/p-1. The molecule has 0 aliphatic heterocycles. The van der Waals surface area contributed by atoms with E-state index in [1.54, 1.807) is 25.1 Å². The average Bonchev–Trinajstić information content (AvgIpc) is 2.99. The van der Waals surface area contributed by atoms with Gasteiger partial charge in [-0.2, -0.15) is 0 Å². The first-order valence-electron chi connectivity index (χ1n) is 7.15. The average molecular weight is 410 g/mol. The van der Waals surface area contributed by atoms with Gasteiger partial charge in [0.25, 0.3) is 0 Å². The van der Waals surface area contributed by atoms with E-state index in [0.717, 1.165) is 11.3 Å². The molecule has 2 aromatic carbocycles. The summed E-state index contributed by atoms with van der Waals surface area (Å²) in [6, 6.07) is 11.8. The summed E-state index contributed by atoms with van der Waals surface area (Å²) in [4.78, 5) is 11.3.